The fraction of sp³-hybridized carbons (Fsp3) is 0.846. The van der Waals surface area contributed by atoms with E-state index in [0.29, 0.717) is 12.3 Å². The van der Waals surface area contributed by atoms with Crippen molar-refractivity contribution in [3.05, 3.63) is 0 Å². The van der Waals surface area contributed by atoms with E-state index in [9.17, 15) is 9.59 Å². The highest BCUT2D eigenvalue weighted by Crippen LogP contribution is 2.27. The summed E-state index contributed by atoms with van der Waals surface area (Å²) >= 11 is 1.57. The minimum atomic E-state index is -0.974. The van der Waals surface area contributed by atoms with Crippen LogP contribution in [-0.2, 0) is 4.79 Å². The van der Waals surface area contributed by atoms with Crippen molar-refractivity contribution in [2.45, 2.75) is 51.1 Å². The number of carboxylic acids is 1. The minimum absolute atomic E-state index is 0.109. The van der Waals surface area contributed by atoms with Crippen LogP contribution in [0.25, 0.3) is 0 Å². The Balaban J connectivity index is 2.36. The number of rotatable bonds is 7. The van der Waals surface area contributed by atoms with Crippen molar-refractivity contribution < 1.29 is 14.7 Å². The monoisotopic (exact) mass is 288 g/mol. The van der Waals surface area contributed by atoms with Gasteiger partial charge < -0.3 is 15.7 Å². The molecule has 1 unspecified atom stereocenters. The second kappa shape index (κ2) is 8.30. The van der Waals surface area contributed by atoms with E-state index in [1.807, 2.05) is 13.2 Å². The van der Waals surface area contributed by atoms with Gasteiger partial charge in [-0.25, -0.2) is 9.59 Å². The predicted molar refractivity (Wildman–Crippen MR) is 77.5 cm³/mol. The molecule has 0 aliphatic heterocycles. The summed E-state index contributed by atoms with van der Waals surface area (Å²) in [7, 11) is 0. The number of hydrogen-bond donors (Lipinski definition) is 3. The van der Waals surface area contributed by atoms with Crippen LogP contribution in [-0.4, -0.2) is 41.2 Å². The third-order valence-corrected chi connectivity index (χ3v) is 4.32. The van der Waals surface area contributed by atoms with Crippen molar-refractivity contribution in [3.8, 4) is 0 Å². The van der Waals surface area contributed by atoms with Crippen LogP contribution in [0.4, 0.5) is 4.79 Å². The van der Waals surface area contributed by atoms with E-state index in [1.54, 1.807) is 11.8 Å². The van der Waals surface area contributed by atoms with Crippen LogP contribution in [0.1, 0.15) is 39.0 Å². The molecular formula is C13H24N2O3S. The minimum Gasteiger partial charge on any atom is -0.480 e. The number of hydrogen-bond acceptors (Lipinski definition) is 3. The van der Waals surface area contributed by atoms with E-state index < -0.39 is 12.0 Å². The first-order valence-electron chi connectivity index (χ1n) is 6.83. The van der Waals surface area contributed by atoms with Crippen LogP contribution < -0.4 is 10.6 Å². The molecule has 0 aromatic rings. The summed E-state index contributed by atoms with van der Waals surface area (Å²) in [4.78, 5) is 22.8. The number of aliphatic carboxylic acids is 1. The summed E-state index contributed by atoms with van der Waals surface area (Å²) in [5.41, 5.74) is 0. The molecule has 1 aliphatic carbocycles. The lowest BCUT2D eigenvalue weighted by Crippen LogP contribution is -2.49. The molecule has 2 amide bonds. The zero-order valence-electron chi connectivity index (χ0n) is 11.6. The number of carbonyl (C=O) groups is 2. The maximum Gasteiger partial charge on any atom is 0.326 e. The topological polar surface area (TPSA) is 78.4 Å². The lowest BCUT2D eigenvalue weighted by Gasteiger charge is -2.22. The molecule has 2 atom stereocenters. The van der Waals surface area contributed by atoms with E-state index in [2.05, 4.69) is 10.6 Å². The van der Waals surface area contributed by atoms with Crippen LogP contribution in [0.2, 0.25) is 0 Å². The molecule has 1 saturated carbocycles. The summed E-state index contributed by atoms with van der Waals surface area (Å²) in [6.45, 7) is 1.99. The van der Waals surface area contributed by atoms with E-state index in [-0.39, 0.29) is 12.1 Å². The van der Waals surface area contributed by atoms with Crippen molar-refractivity contribution >= 4 is 23.8 Å². The Labute approximate surface area is 118 Å². The van der Waals surface area contributed by atoms with Gasteiger partial charge in [0.2, 0.25) is 0 Å². The van der Waals surface area contributed by atoms with E-state index >= 15 is 0 Å². The third-order valence-electron chi connectivity index (χ3n) is 3.68. The number of carbonyl (C=O) groups excluding carboxylic acids is 1. The lowest BCUT2D eigenvalue weighted by molar-refractivity contribution is -0.139. The summed E-state index contributed by atoms with van der Waals surface area (Å²) in [6, 6.07) is -1.06. The van der Waals surface area contributed by atoms with E-state index in [4.69, 9.17) is 5.11 Å². The number of thioether (sulfide) groups is 1. The van der Waals surface area contributed by atoms with Crippen LogP contribution in [0.5, 0.6) is 0 Å². The van der Waals surface area contributed by atoms with Gasteiger partial charge in [0.05, 0.1) is 0 Å². The molecule has 3 N–H and O–H groups in total. The van der Waals surface area contributed by atoms with Gasteiger partial charge in [0.15, 0.2) is 0 Å². The van der Waals surface area contributed by atoms with Crippen molar-refractivity contribution in [1.82, 2.24) is 10.6 Å². The number of nitrogens with one attached hydrogen (secondary N) is 2. The molecular weight excluding hydrogens is 264 g/mol. The summed E-state index contributed by atoms with van der Waals surface area (Å²) in [6.07, 6.45) is 7.11. The Hall–Kier alpha value is -0.910. The molecule has 0 saturated heterocycles. The largest absolute Gasteiger partial charge is 0.480 e. The molecule has 0 spiro atoms. The summed E-state index contributed by atoms with van der Waals surface area (Å²) < 4.78 is 0. The lowest BCUT2D eigenvalue weighted by atomic mass is 10.0. The maximum absolute atomic E-state index is 11.8. The van der Waals surface area contributed by atoms with Crippen molar-refractivity contribution in [3.63, 3.8) is 0 Å². The molecule has 5 nitrogen and oxygen atoms in total. The molecule has 110 valence electrons. The molecule has 0 aromatic heterocycles. The van der Waals surface area contributed by atoms with E-state index in [1.165, 1.54) is 12.8 Å². The van der Waals surface area contributed by atoms with Crippen LogP contribution >= 0.6 is 11.8 Å². The van der Waals surface area contributed by atoms with E-state index in [0.717, 1.165) is 18.6 Å². The van der Waals surface area contributed by atoms with Gasteiger partial charge >= 0.3 is 12.0 Å². The van der Waals surface area contributed by atoms with Crippen LogP contribution in [0.15, 0.2) is 0 Å². The Bertz CT molecular complexity index is 306. The number of amides is 2. The molecule has 19 heavy (non-hydrogen) atoms. The fourth-order valence-electron chi connectivity index (χ4n) is 2.48. The first kappa shape index (κ1) is 16.1. The quantitative estimate of drug-likeness (QED) is 0.670. The second-order valence-electron chi connectivity index (χ2n) is 5.12. The van der Waals surface area contributed by atoms with Crippen molar-refractivity contribution in [2.24, 2.45) is 5.92 Å². The van der Waals surface area contributed by atoms with Gasteiger partial charge in [0.1, 0.15) is 6.04 Å². The average Bonchev–Trinajstić information content (AvgIpc) is 2.87. The van der Waals surface area contributed by atoms with Gasteiger partial charge in [-0.3, -0.25) is 0 Å². The molecule has 1 aliphatic rings. The van der Waals surface area contributed by atoms with Crippen molar-refractivity contribution in [1.29, 1.82) is 0 Å². The molecule has 0 aromatic carbocycles. The standard InChI is InChI=1S/C13H24N2O3S/c1-9(10-5-3-4-6-10)14-13(18)15-11(12(16)17)7-8-19-2/h9-11H,3-8H2,1-2H3,(H,16,17)(H2,14,15,18)/t9?,11-/m0/s1. The van der Waals surface area contributed by atoms with Crippen molar-refractivity contribution in [2.75, 3.05) is 12.0 Å². The first-order chi connectivity index (χ1) is 9.04. The Morgan fingerprint density at radius 1 is 1.32 bits per heavy atom. The highest BCUT2D eigenvalue weighted by Gasteiger charge is 2.24. The molecule has 0 radical (unpaired) electrons. The van der Waals surface area contributed by atoms with Gasteiger partial charge in [-0.15, -0.1) is 0 Å². The molecule has 1 fully saturated rings. The Morgan fingerprint density at radius 2 is 1.95 bits per heavy atom. The normalized spacial score (nSPS) is 18.8. The predicted octanol–water partition coefficient (Wildman–Crippen LogP) is 2.07. The first-order valence-corrected chi connectivity index (χ1v) is 8.22. The number of carboxylic acid groups (broad SMARTS) is 1. The average molecular weight is 288 g/mol. The van der Waals surface area contributed by atoms with Crippen LogP contribution in [0, 0.1) is 5.92 Å². The van der Waals surface area contributed by atoms with Gasteiger partial charge in [-0.1, -0.05) is 12.8 Å². The highest BCUT2D eigenvalue weighted by molar-refractivity contribution is 7.98. The van der Waals surface area contributed by atoms with Gasteiger partial charge in [-0.2, -0.15) is 11.8 Å². The zero-order chi connectivity index (χ0) is 14.3. The molecule has 0 heterocycles. The Kier molecular flexibility index (Phi) is 7.05. The summed E-state index contributed by atoms with van der Waals surface area (Å²) in [5.74, 6) is 0.271. The smallest absolute Gasteiger partial charge is 0.326 e. The SMILES string of the molecule is CSCC[C@H](NC(=O)NC(C)C1CCCC1)C(=O)O. The molecule has 6 heteroatoms. The van der Waals surface area contributed by atoms with Gasteiger partial charge in [0.25, 0.3) is 0 Å². The number of urea groups is 1. The zero-order valence-corrected chi connectivity index (χ0v) is 12.5. The molecule has 1 rings (SSSR count). The maximum atomic E-state index is 11.8. The Morgan fingerprint density at radius 3 is 2.47 bits per heavy atom. The van der Waals surface area contributed by atoms with Gasteiger partial charge in [-0.05, 0) is 44.1 Å². The highest BCUT2D eigenvalue weighted by atomic mass is 32.2. The van der Waals surface area contributed by atoms with Crippen LogP contribution in [0.3, 0.4) is 0 Å². The fourth-order valence-corrected chi connectivity index (χ4v) is 2.95. The second-order valence-corrected chi connectivity index (χ2v) is 6.11. The summed E-state index contributed by atoms with van der Waals surface area (Å²) in [5, 5.41) is 14.4. The molecule has 0 bridgehead atoms. The third kappa shape index (κ3) is 5.72. The van der Waals surface area contributed by atoms with Gasteiger partial charge in [0, 0.05) is 6.04 Å².